The summed E-state index contributed by atoms with van der Waals surface area (Å²) in [5, 5.41) is 3.59. The minimum atomic E-state index is -0.0612. The van der Waals surface area contributed by atoms with Crippen LogP contribution in [-0.2, 0) is 4.74 Å². The number of halogens is 1. The standard InChI is InChI=1S/C16H22ClN3O2/c1-19(2)13-7-6-11(10-12(13)17)18-16(21)20-8-9-22-15-5-3-4-14(15)20/h6-7,10,14-15H,3-5,8-9H2,1-2H3,(H,18,21)/t14-,15+/m0/s1. The number of carbonyl (C=O) groups excluding carboxylic acids is 1. The normalized spacial score (nSPS) is 24.0. The number of hydrogen-bond acceptors (Lipinski definition) is 3. The zero-order valence-electron chi connectivity index (χ0n) is 13.0. The minimum Gasteiger partial charge on any atom is -0.376 e. The number of hydrogen-bond donors (Lipinski definition) is 1. The quantitative estimate of drug-likeness (QED) is 0.909. The first-order valence-corrected chi connectivity index (χ1v) is 8.10. The largest absolute Gasteiger partial charge is 0.376 e. The van der Waals surface area contributed by atoms with Crippen LogP contribution >= 0.6 is 11.6 Å². The number of urea groups is 1. The van der Waals surface area contributed by atoms with Gasteiger partial charge in [0.25, 0.3) is 0 Å². The SMILES string of the molecule is CN(C)c1ccc(NC(=O)N2CCO[C@@H]3CCC[C@@H]32)cc1Cl. The molecular weight excluding hydrogens is 302 g/mol. The fourth-order valence-corrected chi connectivity index (χ4v) is 3.67. The Morgan fingerprint density at radius 1 is 1.41 bits per heavy atom. The third-order valence-corrected chi connectivity index (χ3v) is 4.73. The van der Waals surface area contributed by atoms with Gasteiger partial charge in [-0.1, -0.05) is 11.6 Å². The van der Waals surface area contributed by atoms with E-state index in [0.29, 0.717) is 18.2 Å². The van der Waals surface area contributed by atoms with E-state index in [9.17, 15) is 4.79 Å². The predicted octanol–water partition coefficient (Wildman–Crippen LogP) is 3.19. The highest BCUT2D eigenvalue weighted by Crippen LogP contribution is 2.31. The van der Waals surface area contributed by atoms with Crippen molar-refractivity contribution in [3.63, 3.8) is 0 Å². The number of amides is 2. The molecule has 1 aliphatic carbocycles. The van der Waals surface area contributed by atoms with E-state index >= 15 is 0 Å². The molecule has 1 saturated carbocycles. The number of nitrogens with one attached hydrogen (secondary N) is 1. The average Bonchev–Trinajstić information content (AvgIpc) is 2.95. The van der Waals surface area contributed by atoms with Crippen LogP contribution in [0.5, 0.6) is 0 Å². The number of anilines is 2. The molecule has 3 rings (SSSR count). The number of ether oxygens (including phenoxy) is 1. The first-order valence-electron chi connectivity index (χ1n) is 7.72. The summed E-state index contributed by atoms with van der Waals surface area (Å²) in [5.41, 5.74) is 1.66. The van der Waals surface area contributed by atoms with Crippen LogP contribution in [0.2, 0.25) is 5.02 Å². The van der Waals surface area contributed by atoms with Crippen LogP contribution in [0.3, 0.4) is 0 Å². The molecule has 1 aromatic rings. The van der Waals surface area contributed by atoms with Crippen molar-refractivity contribution < 1.29 is 9.53 Å². The minimum absolute atomic E-state index is 0.0612. The fraction of sp³-hybridized carbons (Fsp3) is 0.562. The van der Waals surface area contributed by atoms with Crippen LogP contribution in [0.25, 0.3) is 0 Å². The second-order valence-electron chi connectivity index (χ2n) is 6.09. The first kappa shape index (κ1) is 15.4. The summed E-state index contributed by atoms with van der Waals surface area (Å²) < 4.78 is 5.75. The predicted molar refractivity (Wildman–Crippen MR) is 88.9 cm³/mol. The average molecular weight is 324 g/mol. The van der Waals surface area contributed by atoms with E-state index in [2.05, 4.69) is 5.32 Å². The van der Waals surface area contributed by atoms with Crippen molar-refractivity contribution >= 4 is 29.0 Å². The zero-order valence-corrected chi connectivity index (χ0v) is 13.8. The molecule has 2 fully saturated rings. The fourth-order valence-electron chi connectivity index (χ4n) is 3.32. The molecule has 1 aromatic carbocycles. The van der Waals surface area contributed by atoms with Crippen LogP contribution in [0.15, 0.2) is 18.2 Å². The summed E-state index contributed by atoms with van der Waals surface area (Å²) in [6.07, 6.45) is 3.41. The molecule has 22 heavy (non-hydrogen) atoms. The van der Waals surface area contributed by atoms with Crippen LogP contribution in [0.1, 0.15) is 19.3 Å². The van der Waals surface area contributed by atoms with Crippen molar-refractivity contribution in [2.75, 3.05) is 37.5 Å². The number of rotatable bonds is 2. The van der Waals surface area contributed by atoms with Gasteiger partial charge in [0.1, 0.15) is 0 Å². The molecule has 0 bridgehead atoms. The summed E-state index contributed by atoms with van der Waals surface area (Å²) in [5.74, 6) is 0. The Balaban J connectivity index is 1.70. The lowest BCUT2D eigenvalue weighted by molar-refractivity contribution is -0.0362. The topological polar surface area (TPSA) is 44.8 Å². The Kier molecular flexibility index (Phi) is 4.45. The van der Waals surface area contributed by atoms with Gasteiger partial charge in [-0.25, -0.2) is 4.79 Å². The van der Waals surface area contributed by atoms with Crippen molar-refractivity contribution in [1.29, 1.82) is 0 Å². The number of carbonyl (C=O) groups is 1. The van der Waals surface area contributed by atoms with E-state index in [1.165, 1.54) is 0 Å². The molecule has 0 radical (unpaired) electrons. The zero-order chi connectivity index (χ0) is 15.7. The Morgan fingerprint density at radius 3 is 2.95 bits per heavy atom. The van der Waals surface area contributed by atoms with Gasteiger partial charge in [0, 0.05) is 26.3 Å². The molecule has 1 heterocycles. The lowest BCUT2D eigenvalue weighted by atomic mass is 10.1. The second kappa shape index (κ2) is 6.34. The molecule has 6 heteroatoms. The highest BCUT2D eigenvalue weighted by molar-refractivity contribution is 6.33. The number of morpholine rings is 1. The van der Waals surface area contributed by atoms with E-state index < -0.39 is 0 Å². The molecule has 2 aliphatic rings. The lowest BCUT2D eigenvalue weighted by Gasteiger charge is -2.37. The summed E-state index contributed by atoms with van der Waals surface area (Å²) in [4.78, 5) is 16.4. The summed E-state index contributed by atoms with van der Waals surface area (Å²) >= 11 is 6.26. The second-order valence-corrected chi connectivity index (χ2v) is 6.50. The van der Waals surface area contributed by atoms with Crippen LogP contribution in [0, 0.1) is 0 Å². The maximum absolute atomic E-state index is 12.5. The Morgan fingerprint density at radius 2 is 2.23 bits per heavy atom. The van der Waals surface area contributed by atoms with Crippen molar-refractivity contribution in [2.24, 2.45) is 0 Å². The van der Waals surface area contributed by atoms with Crippen LogP contribution in [-0.4, -0.2) is 50.3 Å². The van der Waals surface area contributed by atoms with Crippen molar-refractivity contribution in [1.82, 2.24) is 4.90 Å². The molecule has 0 spiro atoms. The third kappa shape index (κ3) is 3.01. The number of fused-ring (bicyclic) bond motifs is 1. The maximum Gasteiger partial charge on any atom is 0.322 e. The Bertz CT molecular complexity index is 564. The molecule has 2 atom stereocenters. The first-order chi connectivity index (χ1) is 10.6. The Labute approximate surface area is 136 Å². The van der Waals surface area contributed by atoms with Gasteiger partial charge in [-0.05, 0) is 37.5 Å². The molecule has 5 nitrogen and oxygen atoms in total. The molecule has 0 aromatic heterocycles. The van der Waals surface area contributed by atoms with E-state index in [-0.39, 0.29) is 18.2 Å². The van der Waals surface area contributed by atoms with Crippen molar-refractivity contribution in [2.45, 2.75) is 31.4 Å². The van der Waals surface area contributed by atoms with E-state index in [4.69, 9.17) is 16.3 Å². The van der Waals surface area contributed by atoms with Gasteiger partial charge in [0.05, 0.1) is 29.5 Å². The maximum atomic E-state index is 12.5. The van der Waals surface area contributed by atoms with Crippen molar-refractivity contribution in [3.05, 3.63) is 23.2 Å². The molecule has 1 aliphatic heterocycles. The molecule has 2 amide bonds. The molecule has 120 valence electrons. The van der Waals surface area contributed by atoms with Crippen LogP contribution in [0.4, 0.5) is 16.2 Å². The summed E-state index contributed by atoms with van der Waals surface area (Å²) in [6.45, 7) is 1.27. The van der Waals surface area contributed by atoms with Gasteiger partial charge in [0.15, 0.2) is 0 Å². The highest BCUT2D eigenvalue weighted by atomic mass is 35.5. The summed E-state index contributed by atoms with van der Waals surface area (Å²) in [7, 11) is 3.88. The highest BCUT2D eigenvalue weighted by Gasteiger charge is 2.38. The third-order valence-electron chi connectivity index (χ3n) is 4.42. The number of nitrogens with zero attached hydrogens (tertiary/aromatic N) is 2. The van der Waals surface area contributed by atoms with Gasteiger partial charge < -0.3 is 19.9 Å². The lowest BCUT2D eigenvalue weighted by Crippen LogP contribution is -2.52. The van der Waals surface area contributed by atoms with E-state index in [1.807, 2.05) is 36.0 Å². The monoisotopic (exact) mass is 323 g/mol. The van der Waals surface area contributed by atoms with Crippen molar-refractivity contribution in [3.8, 4) is 0 Å². The molecule has 0 unspecified atom stereocenters. The smallest absolute Gasteiger partial charge is 0.322 e. The molecule has 1 N–H and O–H groups in total. The Hall–Kier alpha value is -1.46. The van der Waals surface area contributed by atoms with Gasteiger partial charge >= 0.3 is 6.03 Å². The molecular formula is C16H22ClN3O2. The van der Waals surface area contributed by atoms with E-state index in [0.717, 1.165) is 30.6 Å². The van der Waals surface area contributed by atoms with Gasteiger partial charge in [-0.2, -0.15) is 0 Å². The van der Waals surface area contributed by atoms with Gasteiger partial charge in [-0.15, -0.1) is 0 Å². The summed E-state index contributed by atoms with van der Waals surface area (Å²) in [6, 6.07) is 5.74. The van der Waals surface area contributed by atoms with E-state index in [1.54, 1.807) is 6.07 Å². The van der Waals surface area contributed by atoms with Gasteiger partial charge in [-0.3, -0.25) is 0 Å². The van der Waals surface area contributed by atoms with Crippen LogP contribution < -0.4 is 10.2 Å². The molecule has 1 saturated heterocycles. The van der Waals surface area contributed by atoms with Gasteiger partial charge in [0.2, 0.25) is 0 Å². The number of benzene rings is 1.